The van der Waals surface area contributed by atoms with Crippen LogP contribution in [0.5, 0.6) is 0 Å². The van der Waals surface area contributed by atoms with Gasteiger partial charge in [0, 0.05) is 5.56 Å². The van der Waals surface area contributed by atoms with Crippen molar-refractivity contribution in [3.63, 3.8) is 0 Å². The van der Waals surface area contributed by atoms with E-state index in [2.05, 4.69) is 21.0 Å². The van der Waals surface area contributed by atoms with Crippen molar-refractivity contribution in [2.75, 3.05) is 0 Å². The Bertz CT molecular complexity index is 695. The maximum atomic E-state index is 5.93. The summed E-state index contributed by atoms with van der Waals surface area (Å²) in [6.45, 7) is 2.04. The molecule has 0 aliphatic rings. The van der Waals surface area contributed by atoms with Gasteiger partial charge in [0.2, 0.25) is 0 Å². The van der Waals surface area contributed by atoms with Gasteiger partial charge in [0.15, 0.2) is 5.65 Å². The molecule has 3 aromatic rings. The fourth-order valence-corrected chi connectivity index (χ4v) is 2.11. The third-order valence-electron chi connectivity index (χ3n) is 2.68. The van der Waals surface area contributed by atoms with Gasteiger partial charge in [-0.15, -0.1) is 0 Å². The highest BCUT2D eigenvalue weighted by molar-refractivity contribution is 6.41. The molecule has 2 aromatic heterocycles. The van der Waals surface area contributed by atoms with Gasteiger partial charge in [0.1, 0.15) is 11.0 Å². The summed E-state index contributed by atoms with van der Waals surface area (Å²) in [4.78, 5) is 11.7. The standard InChI is InChI=1S/C13H9Cl2N3/c1-7-3-2-4-8(5-7)12-16-10-6-9(14)11(15)17-13(10)18-12/h2-6H,1H3,(H,16,17,18). The predicted octanol–water partition coefficient (Wildman–Crippen LogP) is 4.24. The molecular formula is C13H9Cl2N3. The fraction of sp³-hybridized carbons (Fsp3) is 0.0769. The SMILES string of the molecule is Cc1cccc(-c2nc3nc(Cl)c(Cl)cc3[nH]2)c1. The molecule has 1 N–H and O–H groups in total. The van der Waals surface area contributed by atoms with Gasteiger partial charge < -0.3 is 4.98 Å². The number of halogens is 2. The molecule has 0 saturated heterocycles. The molecule has 90 valence electrons. The molecule has 0 amide bonds. The molecule has 0 aliphatic carbocycles. The zero-order valence-electron chi connectivity index (χ0n) is 9.54. The van der Waals surface area contributed by atoms with E-state index in [1.165, 1.54) is 5.56 Å². The first-order chi connectivity index (χ1) is 8.63. The number of benzene rings is 1. The van der Waals surface area contributed by atoms with Crippen LogP contribution in [0.15, 0.2) is 30.3 Å². The normalized spacial score (nSPS) is 11.1. The van der Waals surface area contributed by atoms with Gasteiger partial charge >= 0.3 is 0 Å². The van der Waals surface area contributed by atoms with Crippen LogP contribution < -0.4 is 0 Å². The van der Waals surface area contributed by atoms with Gasteiger partial charge in [-0.1, -0.05) is 47.0 Å². The Labute approximate surface area is 114 Å². The number of aryl methyl sites for hydroxylation is 1. The summed E-state index contributed by atoms with van der Waals surface area (Å²) in [5.74, 6) is 0.763. The smallest absolute Gasteiger partial charge is 0.179 e. The van der Waals surface area contributed by atoms with E-state index in [4.69, 9.17) is 23.2 Å². The Morgan fingerprint density at radius 2 is 1.94 bits per heavy atom. The number of aromatic nitrogens is 3. The quantitative estimate of drug-likeness (QED) is 0.676. The summed E-state index contributed by atoms with van der Waals surface area (Å²) in [6.07, 6.45) is 0. The average Bonchev–Trinajstić information content (AvgIpc) is 2.73. The van der Waals surface area contributed by atoms with Crippen molar-refractivity contribution in [2.45, 2.75) is 6.92 Å². The molecular weight excluding hydrogens is 269 g/mol. The van der Waals surface area contributed by atoms with Crippen LogP contribution in [-0.4, -0.2) is 15.0 Å². The number of fused-ring (bicyclic) bond motifs is 1. The van der Waals surface area contributed by atoms with Crippen LogP contribution in [0.2, 0.25) is 10.2 Å². The molecule has 0 atom stereocenters. The fourth-order valence-electron chi connectivity index (χ4n) is 1.83. The van der Waals surface area contributed by atoms with Gasteiger partial charge in [0.05, 0.1) is 10.5 Å². The molecule has 0 saturated carbocycles. The van der Waals surface area contributed by atoms with Crippen molar-refractivity contribution in [3.8, 4) is 11.4 Å². The van der Waals surface area contributed by atoms with E-state index >= 15 is 0 Å². The van der Waals surface area contributed by atoms with Gasteiger partial charge in [-0.05, 0) is 19.1 Å². The number of nitrogens with one attached hydrogen (secondary N) is 1. The monoisotopic (exact) mass is 277 g/mol. The second-order valence-electron chi connectivity index (χ2n) is 4.09. The maximum Gasteiger partial charge on any atom is 0.179 e. The minimum Gasteiger partial charge on any atom is -0.337 e. The lowest BCUT2D eigenvalue weighted by atomic mass is 10.1. The summed E-state index contributed by atoms with van der Waals surface area (Å²) >= 11 is 11.8. The lowest BCUT2D eigenvalue weighted by Gasteiger charge is -1.97. The van der Waals surface area contributed by atoms with Gasteiger partial charge in [-0.2, -0.15) is 0 Å². The second kappa shape index (κ2) is 4.26. The second-order valence-corrected chi connectivity index (χ2v) is 4.85. The molecule has 0 radical (unpaired) electrons. The molecule has 1 aromatic carbocycles. The predicted molar refractivity (Wildman–Crippen MR) is 74.1 cm³/mol. The first kappa shape index (κ1) is 11.5. The van der Waals surface area contributed by atoms with E-state index in [0.29, 0.717) is 10.7 Å². The van der Waals surface area contributed by atoms with Crippen LogP contribution in [0.4, 0.5) is 0 Å². The van der Waals surface area contributed by atoms with Crippen molar-refractivity contribution < 1.29 is 0 Å². The molecule has 3 nitrogen and oxygen atoms in total. The molecule has 2 heterocycles. The van der Waals surface area contributed by atoms with Crippen molar-refractivity contribution in [3.05, 3.63) is 46.1 Å². The summed E-state index contributed by atoms with van der Waals surface area (Å²) in [5, 5.41) is 0.690. The number of pyridine rings is 1. The molecule has 0 bridgehead atoms. The lowest BCUT2D eigenvalue weighted by molar-refractivity contribution is 1.29. The van der Waals surface area contributed by atoms with E-state index in [9.17, 15) is 0 Å². The number of rotatable bonds is 1. The molecule has 0 unspecified atom stereocenters. The van der Waals surface area contributed by atoms with E-state index in [0.717, 1.165) is 16.9 Å². The van der Waals surface area contributed by atoms with E-state index in [1.807, 2.05) is 25.1 Å². The Morgan fingerprint density at radius 3 is 2.72 bits per heavy atom. The largest absolute Gasteiger partial charge is 0.337 e. The van der Waals surface area contributed by atoms with Crippen molar-refractivity contribution in [2.24, 2.45) is 0 Å². The zero-order valence-corrected chi connectivity index (χ0v) is 11.0. The zero-order chi connectivity index (χ0) is 12.7. The first-order valence-corrected chi connectivity index (χ1v) is 6.18. The van der Waals surface area contributed by atoms with Gasteiger partial charge in [-0.3, -0.25) is 0 Å². The summed E-state index contributed by atoms with van der Waals surface area (Å²) < 4.78 is 0. The van der Waals surface area contributed by atoms with Crippen LogP contribution in [0.25, 0.3) is 22.6 Å². The third kappa shape index (κ3) is 1.96. The van der Waals surface area contributed by atoms with Gasteiger partial charge in [0.25, 0.3) is 0 Å². The van der Waals surface area contributed by atoms with Crippen molar-refractivity contribution >= 4 is 34.4 Å². The Morgan fingerprint density at radius 1 is 1.11 bits per heavy atom. The van der Waals surface area contributed by atoms with Crippen molar-refractivity contribution in [1.82, 2.24) is 15.0 Å². The number of aromatic amines is 1. The number of nitrogens with zero attached hydrogens (tertiary/aromatic N) is 2. The molecule has 0 spiro atoms. The van der Waals surface area contributed by atoms with Crippen LogP contribution in [0, 0.1) is 6.92 Å². The summed E-state index contributed by atoms with van der Waals surface area (Å²) in [7, 11) is 0. The number of imidazole rings is 1. The Hall–Kier alpha value is -1.58. The van der Waals surface area contributed by atoms with Crippen LogP contribution >= 0.6 is 23.2 Å². The average molecular weight is 278 g/mol. The maximum absolute atomic E-state index is 5.93. The first-order valence-electron chi connectivity index (χ1n) is 5.42. The highest BCUT2D eigenvalue weighted by atomic mass is 35.5. The third-order valence-corrected chi connectivity index (χ3v) is 3.35. The molecule has 5 heteroatoms. The molecule has 18 heavy (non-hydrogen) atoms. The molecule has 3 rings (SSSR count). The minimum atomic E-state index is 0.270. The van der Waals surface area contributed by atoms with Crippen molar-refractivity contribution in [1.29, 1.82) is 0 Å². The number of H-pyrrole nitrogens is 1. The summed E-state index contributed by atoms with van der Waals surface area (Å²) in [5.41, 5.74) is 3.54. The highest BCUT2D eigenvalue weighted by Gasteiger charge is 2.09. The van der Waals surface area contributed by atoms with Crippen LogP contribution in [0.1, 0.15) is 5.56 Å². The Kier molecular flexibility index (Phi) is 2.73. The topological polar surface area (TPSA) is 41.6 Å². The minimum absolute atomic E-state index is 0.270. The van der Waals surface area contributed by atoms with E-state index < -0.39 is 0 Å². The molecule has 0 fully saturated rings. The van der Waals surface area contributed by atoms with Gasteiger partial charge in [-0.25, -0.2) is 9.97 Å². The Balaban J connectivity index is 2.19. The van der Waals surface area contributed by atoms with Crippen LogP contribution in [-0.2, 0) is 0 Å². The summed E-state index contributed by atoms with van der Waals surface area (Å²) in [6, 6.07) is 9.82. The molecule has 0 aliphatic heterocycles. The lowest BCUT2D eigenvalue weighted by Crippen LogP contribution is -1.81. The van der Waals surface area contributed by atoms with E-state index in [1.54, 1.807) is 6.07 Å². The number of hydrogen-bond donors (Lipinski definition) is 1. The van der Waals surface area contributed by atoms with Crippen LogP contribution in [0.3, 0.4) is 0 Å². The highest BCUT2D eigenvalue weighted by Crippen LogP contribution is 2.26. The van der Waals surface area contributed by atoms with E-state index in [-0.39, 0.29) is 5.15 Å². The number of hydrogen-bond acceptors (Lipinski definition) is 2.